The summed E-state index contributed by atoms with van der Waals surface area (Å²) < 4.78 is 5.16. The zero-order valence-corrected chi connectivity index (χ0v) is 15.1. The predicted octanol–water partition coefficient (Wildman–Crippen LogP) is 4.30. The third kappa shape index (κ3) is 4.00. The van der Waals surface area contributed by atoms with Crippen LogP contribution < -0.4 is 5.32 Å². The molecule has 0 radical (unpaired) electrons. The summed E-state index contributed by atoms with van der Waals surface area (Å²) in [6.07, 6.45) is 0. The fourth-order valence-corrected chi connectivity index (χ4v) is 2.78. The number of ether oxygens (including phenoxy) is 1. The average Bonchev–Trinajstić information content (AvgIpc) is 2.62. The van der Waals surface area contributed by atoms with Gasteiger partial charge in [-0.2, -0.15) is 0 Å². The molecular formula is C20H17ClN2O3. The van der Waals surface area contributed by atoms with Crippen molar-refractivity contribution in [2.24, 2.45) is 0 Å². The van der Waals surface area contributed by atoms with Crippen molar-refractivity contribution in [3.63, 3.8) is 0 Å². The van der Waals surface area contributed by atoms with E-state index in [9.17, 15) is 9.59 Å². The number of pyridine rings is 1. The standard InChI is InChI=1S/C20H17ClN2O3/c1-12-7-8-13(2)17(9-12)23-19(24)11-26-20(25)15-10-18(21)22-16-6-4-3-5-14(15)16/h3-10H,11H2,1-2H3,(H,23,24). The van der Waals surface area contributed by atoms with E-state index in [0.717, 1.165) is 11.1 Å². The molecule has 1 aromatic heterocycles. The first kappa shape index (κ1) is 17.9. The molecule has 6 heteroatoms. The SMILES string of the molecule is Cc1ccc(C)c(NC(=O)COC(=O)c2cc(Cl)nc3ccccc23)c1. The molecule has 1 amide bonds. The van der Waals surface area contributed by atoms with Crippen molar-refractivity contribution in [1.82, 2.24) is 4.98 Å². The minimum atomic E-state index is -0.624. The Morgan fingerprint density at radius 3 is 2.69 bits per heavy atom. The summed E-state index contributed by atoms with van der Waals surface area (Å²) in [5, 5.41) is 3.56. The highest BCUT2D eigenvalue weighted by Gasteiger charge is 2.15. The second-order valence-electron chi connectivity index (χ2n) is 5.95. The van der Waals surface area contributed by atoms with Crippen molar-refractivity contribution in [2.75, 3.05) is 11.9 Å². The van der Waals surface area contributed by atoms with Gasteiger partial charge in [-0.25, -0.2) is 9.78 Å². The van der Waals surface area contributed by atoms with E-state index in [0.29, 0.717) is 16.6 Å². The van der Waals surface area contributed by atoms with Gasteiger partial charge in [-0.3, -0.25) is 4.79 Å². The first-order chi connectivity index (χ1) is 12.4. The predicted molar refractivity (Wildman–Crippen MR) is 102 cm³/mol. The third-order valence-corrected chi connectivity index (χ3v) is 4.10. The average molecular weight is 369 g/mol. The fourth-order valence-electron chi connectivity index (χ4n) is 2.58. The number of rotatable bonds is 4. The molecule has 3 aromatic rings. The van der Waals surface area contributed by atoms with Crippen LogP contribution in [0, 0.1) is 13.8 Å². The molecule has 2 aromatic carbocycles. The second-order valence-corrected chi connectivity index (χ2v) is 6.34. The minimum absolute atomic E-state index is 0.190. The summed E-state index contributed by atoms with van der Waals surface area (Å²) >= 11 is 5.97. The van der Waals surface area contributed by atoms with E-state index in [-0.39, 0.29) is 17.3 Å². The van der Waals surface area contributed by atoms with Crippen molar-refractivity contribution in [3.05, 3.63) is 70.4 Å². The number of anilines is 1. The number of hydrogen-bond donors (Lipinski definition) is 1. The molecule has 0 spiro atoms. The van der Waals surface area contributed by atoms with Gasteiger partial charge < -0.3 is 10.1 Å². The number of aryl methyl sites for hydroxylation is 2. The molecule has 0 aliphatic rings. The van der Waals surface area contributed by atoms with Crippen molar-refractivity contribution < 1.29 is 14.3 Å². The molecule has 1 N–H and O–H groups in total. The maximum absolute atomic E-state index is 12.4. The number of aromatic nitrogens is 1. The number of carbonyl (C=O) groups excluding carboxylic acids is 2. The summed E-state index contributed by atoms with van der Waals surface area (Å²) in [6.45, 7) is 3.44. The molecule has 132 valence electrons. The van der Waals surface area contributed by atoms with Gasteiger partial charge in [0.25, 0.3) is 5.91 Å². The Morgan fingerprint density at radius 2 is 1.88 bits per heavy atom. The molecule has 0 atom stereocenters. The largest absolute Gasteiger partial charge is 0.452 e. The number of hydrogen-bond acceptors (Lipinski definition) is 4. The lowest BCUT2D eigenvalue weighted by atomic mass is 10.1. The molecular weight excluding hydrogens is 352 g/mol. The lowest BCUT2D eigenvalue weighted by Crippen LogP contribution is -2.21. The maximum Gasteiger partial charge on any atom is 0.339 e. The summed E-state index contributed by atoms with van der Waals surface area (Å²) in [4.78, 5) is 28.7. The van der Waals surface area contributed by atoms with Crippen LogP contribution in [0.1, 0.15) is 21.5 Å². The number of nitrogens with one attached hydrogen (secondary N) is 1. The third-order valence-electron chi connectivity index (χ3n) is 3.91. The molecule has 0 saturated carbocycles. The summed E-state index contributed by atoms with van der Waals surface area (Å²) in [5.74, 6) is -1.03. The number of amides is 1. The minimum Gasteiger partial charge on any atom is -0.452 e. The van der Waals surface area contributed by atoms with Gasteiger partial charge in [0, 0.05) is 11.1 Å². The number of para-hydroxylation sites is 1. The summed E-state index contributed by atoms with van der Waals surface area (Å²) in [6, 6.07) is 14.3. The molecule has 0 aliphatic heterocycles. The number of fused-ring (bicyclic) bond motifs is 1. The first-order valence-electron chi connectivity index (χ1n) is 8.03. The zero-order valence-electron chi connectivity index (χ0n) is 14.4. The van der Waals surface area contributed by atoms with Gasteiger partial charge in [-0.15, -0.1) is 0 Å². The normalized spacial score (nSPS) is 10.6. The number of benzene rings is 2. The molecule has 26 heavy (non-hydrogen) atoms. The van der Waals surface area contributed by atoms with Crippen LogP contribution in [0.15, 0.2) is 48.5 Å². The Morgan fingerprint density at radius 1 is 1.12 bits per heavy atom. The second kappa shape index (κ2) is 7.54. The van der Waals surface area contributed by atoms with Gasteiger partial charge in [-0.1, -0.05) is 41.9 Å². The Bertz CT molecular complexity index is 1000. The first-order valence-corrected chi connectivity index (χ1v) is 8.41. The Balaban J connectivity index is 1.71. The Hall–Kier alpha value is -2.92. The molecule has 0 fully saturated rings. The van der Waals surface area contributed by atoms with Gasteiger partial charge in [0.1, 0.15) is 5.15 Å². The molecule has 5 nitrogen and oxygen atoms in total. The van der Waals surface area contributed by atoms with Gasteiger partial charge in [0.05, 0.1) is 11.1 Å². The molecule has 0 bridgehead atoms. The van der Waals surface area contributed by atoms with E-state index in [1.54, 1.807) is 24.3 Å². The number of nitrogens with zero attached hydrogens (tertiary/aromatic N) is 1. The van der Waals surface area contributed by atoms with Crippen LogP contribution in [0.5, 0.6) is 0 Å². The quantitative estimate of drug-likeness (QED) is 0.550. The van der Waals surface area contributed by atoms with E-state index in [2.05, 4.69) is 10.3 Å². The van der Waals surface area contributed by atoms with Gasteiger partial charge in [-0.05, 0) is 43.2 Å². The van der Waals surface area contributed by atoms with E-state index in [1.807, 2.05) is 32.0 Å². The van der Waals surface area contributed by atoms with Crippen LogP contribution in [0.25, 0.3) is 10.9 Å². The molecule has 3 rings (SSSR count). The summed E-state index contributed by atoms with van der Waals surface area (Å²) in [7, 11) is 0. The number of halogens is 1. The Kier molecular flexibility index (Phi) is 5.19. The highest BCUT2D eigenvalue weighted by molar-refractivity contribution is 6.30. The fraction of sp³-hybridized carbons (Fsp3) is 0.150. The van der Waals surface area contributed by atoms with Gasteiger partial charge >= 0.3 is 5.97 Å². The van der Waals surface area contributed by atoms with E-state index in [4.69, 9.17) is 16.3 Å². The monoisotopic (exact) mass is 368 g/mol. The zero-order chi connectivity index (χ0) is 18.7. The lowest BCUT2D eigenvalue weighted by Gasteiger charge is -2.10. The van der Waals surface area contributed by atoms with Crippen LogP contribution >= 0.6 is 11.6 Å². The van der Waals surface area contributed by atoms with Gasteiger partial charge in [0.15, 0.2) is 6.61 Å². The molecule has 0 aliphatic carbocycles. The van der Waals surface area contributed by atoms with Crippen molar-refractivity contribution in [3.8, 4) is 0 Å². The molecule has 0 saturated heterocycles. The van der Waals surface area contributed by atoms with Crippen LogP contribution in [0.4, 0.5) is 5.69 Å². The number of carbonyl (C=O) groups is 2. The van der Waals surface area contributed by atoms with E-state index >= 15 is 0 Å². The van der Waals surface area contributed by atoms with Crippen LogP contribution in [-0.2, 0) is 9.53 Å². The number of esters is 1. The van der Waals surface area contributed by atoms with Gasteiger partial charge in [0.2, 0.25) is 0 Å². The van der Waals surface area contributed by atoms with Crippen LogP contribution in [-0.4, -0.2) is 23.5 Å². The van der Waals surface area contributed by atoms with Crippen molar-refractivity contribution >= 4 is 40.1 Å². The van der Waals surface area contributed by atoms with E-state index in [1.165, 1.54) is 6.07 Å². The highest BCUT2D eigenvalue weighted by Crippen LogP contribution is 2.21. The van der Waals surface area contributed by atoms with E-state index < -0.39 is 11.9 Å². The maximum atomic E-state index is 12.4. The molecule has 0 unspecified atom stereocenters. The van der Waals surface area contributed by atoms with Crippen LogP contribution in [0.2, 0.25) is 5.15 Å². The topological polar surface area (TPSA) is 68.3 Å². The smallest absolute Gasteiger partial charge is 0.339 e. The highest BCUT2D eigenvalue weighted by atomic mass is 35.5. The molecule has 1 heterocycles. The Labute approximate surface area is 156 Å². The summed E-state index contributed by atoms with van der Waals surface area (Å²) in [5.41, 5.74) is 3.53. The van der Waals surface area contributed by atoms with Crippen molar-refractivity contribution in [2.45, 2.75) is 13.8 Å². The van der Waals surface area contributed by atoms with Crippen LogP contribution in [0.3, 0.4) is 0 Å². The lowest BCUT2D eigenvalue weighted by molar-refractivity contribution is -0.119. The van der Waals surface area contributed by atoms with Crippen molar-refractivity contribution in [1.29, 1.82) is 0 Å².